The fourth-order valence-corrected chi connectivity index (χ4v) is 4.75. The molecule has 2 aromatic heterocycles. The number of carbonyl (C=O) groups excluding carboxylic acids is 1. The third-order valence-electron chi connectivity index (χ3n) is 6.80. The zero-order valence-electron chi connectivity index (χ0n) is 22.0. The highest BCUT2D eigenvalue weighted by Gasteiger charge is 2.27. The van der Waals surface area contributed by atoms with Crippen LogP contribution in [0.5, 0.6) is 5.75 Å². The third kappa shape index (κ3) is 5.56. The number of nitrogens with one attached hydrogen (secondary N) is 1. The summed E-state index contributed by atoms with van der Waals surface area (Å²) in [6, 6.07) is 9.63. The van der Waals surface area contributed by atoms with Gasteiger partial charge < -0.3 is 25.6 Å². The van der Waals surface area contributed by atoms with Crippen molar-refractivity contribution in [2.75, 3.05) is 50.6 Å². The highest BCUT2D eigenvalue weighted by Crippen LogP contribution is 2.30. The van der Waals surface area contributed by atoms with E-state index < -0.39 is 0 Å². The van der Waals surface area contributed by atoms with Crippen molar-refractivity contribution in [3.8, 4) is 5.75 Å². The van der Waals surface area contributed by atoms with Gasteiger partial charge in [-0.05, 0) is 38.3 Å². The van der Waals surface area contributed by atoms with Crippen LogP contribution in [0.1, 0.15) is 66.7 Å². The van der Waals surface area contributed by atoms with Crippen molar-refractivity contribution in [3.05, 3.63) is 47.2 Å². The standard InChI is InChI=1S/C27H39N7O2/c1-5-22-21-17-25-30-24(29-13-12-28)18-26(34(25)31-21)32(3)14-8-6-7-9-15-36-23-11-10-19(2)16-20(23)27(35)33(22)4/h10-11,16-18,22H,5-9,12-15,28H2,1-4H3,(H,29,30). The summed E-state index contributed by atoms with van der Waals surface area (Å²) < 4.78 is 7.98. The van der Waals surface area contributed by atoms with E-state index in [0.717, 1.165) is 67.2 Å². The minimum Gasteiger partial charge on any atom is -0.493 e. The Morgan fingerprint density at radius 3 is 2.72 bits per heavy atom. The topological polar surface area (TPSA) is 101 Å². The van der Waals surface area contributed by atoms with E-state index in [1.807, 2.05) is 48.8 Å². The van der Waals surface area contributed by atoms with Crippen molar-refractivity contribution >= 4 is 23.2 Å². The molecule has 36 heavy (non-hydrogen) atoms. The maximum atomic E-state index is 13.7. The molecule has 1 amide bonds. The second-order valence-corrected chi connectivity index (χ2v) is 9.58. The predicted octanol–water partition coefficient (Wildman–Crippen LogP) is 4.02. The van der Waals surface area contributed by atoms with E-state index in [1.165, 1.54) is 0 Å². The van der Waals surface area contributed by atoms with E-state index in [4.69, 9.17) is 20.6 Å². The highest BCUT2D eigenvalue weighted by molar-refractivity contribution is 5.97. The summed E-state index contributed by atoms with van der Waals surface area (Å²) in [5.74, 6) is 2.31. The van der Waals surface area contributed by atoms with Crippen LogP contribution in [0.25, 0.3) is 5.65 Å². The number of aryl methyl sites for hydroxylation is 1. The number of aromatic nitrogens is 3. The monoisotopic (exact) mass is 493 g/mol. The number of nitrogens with zero attached hydrogens (tertiary/aromatic N) is 5. The van der Waals surface area contributed by atoms with Gasteiger partial charge >= 0.3 is 0 Å². The lowest BCUT2D eigenvalue weighted by atomic mass is 10.1. The van der Waals surface area contributed by atoms with Crippen LogP contribution in [-0.2, 0) is 0 Å². The van der Waals surface area contributed by atoms with E-state index in [9.17, 15) is 4.79 Å². The lowest BCUT2D eigenvalue weighted by Crippen LogP contribution is -2.31. The minimum atomic E-state index is -0.207. The molecule has 3 N–H and O–H groups in total. The number of hydrogen-bond donors (Lipinski definition) is 2. The van der Waals surface area contributed by atoms with Gasteiger partial charge in [-0.3, -0.25) is 4.79 Å². The quantitative estimate of drug-likeness (QED) is 0.566. The van der Waals surface area contributed by atoms with Crippen LogP contribution in [0, 0.1) is 6.92 Å². The van der Waals surface area contributed by atoms with E-state index in [2.05, 4.69) is 24.2 Å². The summed E-state index contributed by atoms with van der Waals surface area (Å²) in [5.41, 5.74) is 8.89. The molecule has 1 aliphatic heterocycles. The number of benzene rings is 1. The molecule has 9 heteroatoms. The smallest absolute Gasteiger partial charge is 0.257 e. The van der Waals surface area contributed by atoms with Crippen molar-refractivity contribution in [3.63, 3.8) is 0 Å². The molecule has 0 saturated carbocycles. The lowest BCUT2D eigenvalue weighted by molar-refractivity contribution is 0.0718. The maximum Gasteiger partial charge on any atom is 0.257 e. The first-order valence-corrected chi connectivity index (χ1v) is 13.0. The van der Waals surface area contributed by atoms with Gasteiger partial charge in [0.25, 0.3) is 5.91 Å². The van der Waals surface area contributed by atoms with Crippen molar-refractivity contribution in [2.24, 2.45) is 5.73 Å². The van der Waals surface area contributed by atoms with Crippen LogP contribution >= 0.6 is 0 Å². The van der Waals surface area contributed by atoms with Crippen molar-refractivity contribution < 1.29 is 9.53 Å². The number of ether oxygens (including phenoxy) is 1. The molecule has 0 fully saturated rings. The number of carbonyl (C=O) groups is 1. The van der Waals surface area contributed by atoms with Crippen molar-refractivity contribution in [2.45, 2.75) is 52.0 Å². The fraction of sp³-hybridized carbons (Fsp3) is 0.519. The molecule has 1 aliphatic rings. The maximum absolute atomic E-state index is 13.7. The summed E-state index contributed by atoms with van der Waals surface area (Å²) in [7, 11) is 3.93. The number of nitrogens with two attached hydrogens (primary N) is 1. The van der Waals surface area contributed by atoms with E-state index >= 15 is 0 Å². The molecule has 9 nitrogen and oxygen atoms in total. The molecular formula is C27H39N7O2. The molecule has 4 rings (SSSR count). The molecule has 0 saturated heterocycles. The van der Waals surface area contributed by atoms with E-state index in [0.29, 0.717) is 31.0 Å². The first-order valence-electron chi connectivity index (χ1n) is 13.0. The summed E-state index contributed by atoms with van der Waals surface area (Å²) >= 11 is 0. The number of amides is 1. The molecule has 1 atom stereocenters. The van der Waals surface area contributed by atoms with Gasteiger partial charge in [0.2, 0.25) is 0 Å². The second kappa shape index (κ2) is 11.6. The van der Waals surface area contributed by atoms with Crippen LogP contribution in [0.3, 0.4) is 0 Å². The normalized spacial score (nSPS) is 17.7. The molecule has 3 aromatic rings. The zero-order chi connectivity index (χ0) is 25.7. The Morgan fingerprint density at radius 2 is 1.94 bits per heavy atom. The van der Waals surface area contributed by atoms with Crippen LogP contribution < -0.4 is 20.7 Å². The van der Waals surface area contributed by atoms with Crippen LogP contribution in [-0.4, -0.2) is 65.7 Å². The molecule has 0 spiro atoms. The Morgan fingerprint density at radius 1 is 1.14 bits per heavy atom. The highest BCUT2D eigenvalue weighted by atomic mass is 16.5. The van der Waals surface area contributed by atoms with Gasteiger partial charge in [-0.2, -0.15) is 9.61 Å². The third-order valence-corrected chi connectivity index (χ3v) is 6.80. The number of anilines is 2. The lowest BCUT2D eigenvalue weighted by Gasteiger charge is -2.27. The summed E-state index contributed by atoms with van der Waals surface area (Å²) in [5, 5.41) is 8.27. The van der Waals surface area contributed by atoms with Crippen LogP contribution in [0.2, 0.25) is 0 Å². The molecule has 0 radical (unpaired) electrons. The van der Waals surface area contributed by atoms with Gasteiger partial charge in [0.15, 0.2) is 5.65 Å². The minimum absolute atomic E-state index is 0.0717. The van der Waals surface area contributed by atoms with Gasteiger partial charge in [-0.15, -0.1) is 0 Å². The Labute approximate surface area is 213 Å². The van der Waals surface area contributed by atoms with Gasteiger partial charge in [0, 0.05) is 45.9 Å². The molecular weight excluding hydrogens is 454 g/mol. The molecule has 2 bridgehead atoms. The molecule has 0 aliphatic carbocycles. The average Bonchev–Trinajstić information content (AvgIpc) is 3.29. The summed E-state index contributed by atoms with van der Waals surface area (Å²) in [4.78, 5) is 22.5. The van der Waals surface area contributed by atoms with Crippen molar-refractivity contribution in [1.82, 2.24) is 19.5 Å². The SMILES string of the molecule is CCC1c2cc3nc(NCCN)cc(n3n2)N(C)CCCCCCOc2ccc(C)cc2C(=O)N1C. The average molecular weight is 494 g/mol. The molecule has 1 unspecified atom stereocenters. The first-order chi connectivity index (χ1) is 17.4. The molecule has 194 valence electrons. The van der Waals surface area contributed by atoms with Crippen molar-refractivity contribution in [1.29, 1.82) is 0 Å². The Hall–Kier alpha value is -3.33. The Balaban J connectivity index is 1.79. The number of hydrogen-bond acceptors (Lipinski definition) is 7. The second-order valence-electron chi connectivity index (χ2n) is 9.58. The molecule has 3 heterocycles. The zero-order valence-corrected chi connectivity index (χ0v) is 22.0. The molecule has 1 aromatic carbocycles. The van der Waals surface area contributed by atoms with Crippen LogP contribution in [0.15, 0.2) is 30.3 Å². The summed E-state index contributed by atoms with van der Waals surface area (Å²) in [6.07, 6.45) is 4.91. The van der Waals surface area contributed by atoms with Gasteiger partial charge in [0.05, 0.1) is 23.9 Å². The Kier molecular flexibility index (Phi) is 8.30. The largest absolute Gasteiger partial charge is 0.493 e. The fourth-order valence-electron chi connectivity index (χ4n) is 4.75. The van der Waals surface area contributed by atoms with E-state index in [-0.39, 0.29) is 11.9 Å². The van der Waals surface area contributed by atoms with Gasteiger partial charge in [0.1, 0.15) is 17.4 Å². The van der Waals surface area contributed by atoms with E-state index in [1.54, 1.807) is 4.90 Å². The number of fused-ring (bicyclic) bond motifs is 2. The Bertz CT molecular complexity index is 1190. The van der Waals surface area contributed by atoms with Gasteiger partial charge in [-0.1, -0.05) is 31.4 Å². The summed E-state index contributed by atoms with van der Waals surface area (Å²) in [6.45, 7) is 6.74. The van der Waals surface area contributed by atoms with Gasteiger partial charge in [-0.25, -0.2) is 4.98 Å². The first kappa shape index (κ1) is 25.8. The number of rotatable bonds is 4. The van der Waals surface area contributed by atoms with Crippen LogP contribution in [0.4, 0.5) is 11.6 Å². The predicted molar refractivity (Wildman–Crippen MR) is 144 cm³/mol.